The zero-order chi connectivity index (χ0) is 17.5. The normalized spacial score (nSPS) is 12.6. The van der Waals surface area contributed by atoms with Gasteiger partial charge in [-0.1, -0.05) is 6.42 Å². The van der Waals surface area contributed by atoms with Crippen LogP contribution in [0.3, 0.4) is 0 Å². The molecule has 0 aliphatic carbocycles. The molecule has 0 aromatic heterocycles. The first-order valence-corrected chi connectivity index (χ1v) is 9.07. The van der Waals surface area contributed by atoms with Crippen molar-refractivity contribution in [2.75, 3.05) is 18.4 Å². The molecule has 0 aliphatic heterocycles. The van der Waals surface area contributed by atoms with E-state index in [0.29, 0.717) is 18.8 Å². The summed E-state index contributed by atoms with van der Waals surface area (Å²) >= 11 is 0. The Bertz CT molecular complexity index is 569. The fourth-order valence-electron chi connectivity index (χ4n) is 1.82. The molecule has 0 radical (unpaired) electrons. The number of sulfonamides is 1. The zero-order valence-corrected chi connectivity index (χ0v) is 14.1. The third-order valence-electron chi connectivity index (χ3n) is 3.32. The van der Waals surface area contributed by atoms with Gasteiger partial charge in [-0.3, -0.25) is 0 Å². The third kappa shape index (κ3) is 7.22. The first kappa shape index (κ1) is 19.8. The summed E-state index contributed by atoms with van der Waals surface area (Å²) in [7, 11) is -3.21. The van der Waals surface area contributed by atoms with Gasteiger partial charge in [-0.15, -0.1) is 0 Å². The lowest BCUT2D eigenvalue weighted by Crippen LogP contribution is -2.31. The van der Waals surface area contributed by atoms with Gasteiger partial charge in [-0.05, 0) is 51.0 Å². The summed E-state index contributed by atoms with van der Waals surface area (Å²) in [5.74, 6) is 0. The SMILES string of the molecule is CC(C)S(=O)(=O)NCCCCCNc1ccc(C(F)(F)F)cc1. The molecule has 8 heteroatoms. The molecule has 2 N–H and O–H groups in total. The highest BCUT2D eigenvalue weighted by molar-refractivity contribution is 7.90. The van der Waals surface area contributed by atoms with Gasteiger partial charge >= 0.3 is 6.18 Å². The van der Waals surface area contributed by atoms with Crippen LogP contribution in [0.1, 0.15) is 38.7 Å². The van der Waals surface area contributed by atoms with E-state index in [1.807, 2.05) is 0 Å². The first-order chi connectivity index (χ1) is 10.6. The standard InChI is InChI=1S/C15H23F3N2O2S/c1-12(2)23(21,22)20-11-5-3-4-10-19-14-8-6-13(7-9-14)15(16,17)18/h6-9,12,19-20H,3-5,10-11H2,1-2H3. The van der Waals surface area contributed by atoms with Gasteiger partial charge in [0.2, 0.25) is 10.0 Å². The molecule has 0 amide bonds. The lowest BCUT2D eigenvalue weighted by Gasteiger charge is -2.10. The molecule has 0 saturated heterocycles. The van der Waals surface area contributed by atoms with Gasteiger partial charge in [0.05, 0.1) is 10.8 Å². The largest absolute Gasteiger partial charge is 0.416 e. The summed E-state index contributed by atoms with van der Waals surface area (Å²) < 4.78 is 62.8. The molecule has 1 aromatic carbocycles. The summed E-state index contributed by atoms with van der Waals surface area (Å²) in [6.07, 6.45) is -1.96. The van der Waals surface area contributed by atoms with Crippen molar-refractivity contribution in [2.24, 2.45) is 0 Å². The Balaban J connectivity index is 2.18. The Morgan fingerprint density at radius 1 is 1.00 bits per heavy atom. The quantitative estimate of drug-likeness (QED) is 0.668. The van der Waals surface area contributed by atoms with E-state index in [0.717, 1.165) is 31.4 Å². The van der Waals surface area contributed by atoms with Gasteiger partial charge in [-0.2, -0.15) is 13.2 Å². The topological polar surface area (TPSA) is 58.2 Å². The molecule has 0 fully saturated rings. The third-order valence-corrected chi connectivity index (χ3v) is 5.17. The van der Waals surface area contributed by atoms with Crippen LogP contribution in [0.25, 0.3) is 0 Å². The fourth-order valence-corrected chi connectivity index (χ4v) is 2.58. The number of hydrogen-bond acceptors (Lipinski definition) is 3. The van der Waals surface area contributed by atoms with Crippen LogP contribution in [0.5, 0.6) is 0 Å². The Labute approximate surface area is 135 Å². The molecular weight excluding hydrogens is 329 g/mol. The molecule has 0 heterocycles. The predicted molar refractivity (Wildman–Crippen MR) is 85.8 cm³/mol. The van der Waals surface area contributed by atoms with Crippen LogP contribution in [0.15, 0.2) is 24.3 Å². The van der Waals surface area contributed by atoms with E-state index in [-0.39, 0.29) is 0 Å². The lowest BCUT2D eigenvalue weighted by molar-refractivity contribution is -0.137. The van der Waals surface area contributed by atoms with E-state index in [9.17, 15) is 21.6 Å². The molecule has 0 unspecified atom stereocenters. The Morgan fingerprint density at radius 3 is 2.09 bits per heavy atom. The molecular formula is C15H23F3N2O2S. The van der Waals surface area contributed by atoms with E-state index >= 15 is 0 Å². The van der Waals surface area contributed by atoms with E-state index < -0.39 is 27.0 Å². The van der Waals surface area contributed by atoms with Crippen molar-refractivity contribution in [1.82, 2.24) is 4.72 Å². The molecule has 0 saturated carbocycles. The highest BCUT2D eigenvalue weighted by atomic mass is 32.2. The minimum Gasteiger partial charge on any atom is -0.385 e. The molecule has 0 spiro atoms. The average molecular weight is 352 g/mol. The maximum atomic E-state index is 12.4. The summed E-state index contributed by atoms with van der Waals surface area (Å²) in [6.45, 7) is 4.27. The smallest absolute Gasteiger partial charge is 0.385 e. The van der Waals surface area contributed by atoms with Crippen molar-refractivity contribution >= 4 is 15.7 Å². The fraction of sp³-hybridized carbons (Fsp3) is 0.600. The van der Waals surface area contributed by atoms with Crippen molar-refractivity contribution < 1.29 is 21.6 Å². The molecule has 23 heavy (non-hydrogen) atoms. The molecule has 1 aromatic rings. The maximum absolute atomic E-state index is 12.4. The summed E-state index contributed by atoms with van der Waals surface area (Å²) in [5, 5.41) is 2.60. The summed E-state index contributed by atoms with van der Waals surface area (Å²) in [4.78, 5) is 0. The van der Waals surface area contributed by atoms with Crippen LogP contribution in [0, 0.1) is 0 Å². The van der Waals surface area contributed by atoms with E-state index in [4.69, 9.17) is 0 Å². The van der Waals surface area contributed by atoms with Crippen molar-refractivity contribution in [3.8, 4) is 0 Å². The molecule has 4 nitrogen and oxygen atoms in total. The highest BCUT2D eigenvalue weighted by Gasteiger charge is 2.29. The van der Waals surface area contributed by atoms with Gasteiger partial charge in [0.25, 0.3) is 0 Å². The van der Waals surface area contributed by atoms with Crippen molar-refractivity contribution in [1.29, 1.82) is 0 Å². The summed E-state index contributed by atoms with van der Waals surface area (Å²) in [5.41, 5.74) is -0.0287. The molecule has 0 bridgehead atoms. The Hall–Kier alpha value is -1.28. The van der Waals surface area contributed by atoms with Crippen LogP contribution >= 0.6 is 0 Å². The maximum Gasteiger partial charge on any atom is 0.416 e. The minimum absolute atomic E-state index is 0.404. The van der Waals surface area contributed by atoms with Crippen LogP contribution < -0.4 is 10.0 Å². The predicted octanol–water partition coefficient (Wildman–Crippen LogP) is 3.62. The number of benzene rings is 1. The molecule has 0 atom stereocenters. The zero-order valence-electron chi connectivity index (χ0n) is 13.3. The average Bonchev–Trinajstić information content (AvgIpc) is 2.45. The van der Waals surface area contributed by atoms with Crippen LogP contribution in [0.4, 0.5) is 18.9 Å². The van der Waals surface area contributed by atoms with E-state index in [1.165, 1.54) is 12.1 Å². The number of unbranched alkanes of at least 4 members (excludes halogenated alkanes) is 2. The van der Waals surface area contributed by atoms with Crippen LogP contribution in [-0.2, 0) is 16.2 Å². The molecule has 0 aliphatic rings. The molecule has 132 valence electrons. The van der Waals surface area contributed by atoms with Gasteiger partial charge in [0.1, 0.15) is 0 Å². The number of alkyl halides is 3. The second-order valence-electron chi connectivity index (χ2n) is 5.55. The number of rotatable bonds is 9. The minimum atomic E-state index is -4.32. The van der Waals surface area contributed by atoms with Gasteiger partial charge in [0, 0.05) is 18.8 Å². The second-order valence-corrected chi connectivity index (χ2v) is 7.87. The van der Waals surface area contributed by atoms with Crippen LogP contribution in [0.2, 0.25) is 0 Å². The van der Waals surface area contributed by atoms with E-state index in [1.54, 1.807) is 13.8 Å². The second kappa shape index (κ2) is 8.54. The van der Waals surface area contributed by atoms with Gasteiger partial charge in [0.15, 0.2) is 0 Å². The highest BCUT2D eigenvalue weighted by Crippen LogP contribution is 2.29. The van der Waals surface area contributed by atoms with Crippen molar-refractivity contribution in [3.05, 3.63) is 29.8 Å². The molecule has 1 rings (SSSR count). The van der Waals surface area contributed by atoms with Crippen molar-refractivity contribution in [2.45, 2.75) is 44.5 Å². The number of nitrogens with one attached hydrogen (secondary N) is 2. The number of anilines is 1. The van der Waals surface area contributed by atoms with E-state index in [2.05, 4.69) is 10.0 Å². The monoisotopic (exact) mass is 352 g/mol. The van der Waals surface area contributed by atoms with Crippen molar-refractivity contribution in [3.63, 3.8) is 0 Å². The van der Waals surface area contributed by atoms with Gasteiger partial charge in [-0.25, -0.2) is 13.1 Å². The number of halogens is 3. The number of hydrogen-bond donors (Lipinski definition) is 2. The lowest BCUT2D eigenvalue weighted by atomic mass is 10.2. The van der Waals surface area contributed by atoms with Crippen LogP contribution in [-0.4, -0.2) is 26.8 Å². The Kier molecular flexibility index (Phi) is 7.34. The first-order valence-electron chi connectivity index (χ1n) is 7.52. The summed E-state index contributed by atoms with van der Waals surface area (Å²) in [6, 6.07) is 4.89. The van der Waals surface area contributed by atoms with Gasteiger partial charge < -0.3 is 5.32 Å². The Morgan fingerprint density at radius 2 is 1.57 bits per heavy atom.